The third-order valence-corrected chi connectivity index (χ3v) is 3.41. The van der Waals surface area contributed by atoms with Crippen molar-refractivity contribution in [2.45, 2.75) is 23.2 Å². The number of rotatable bonds is 2. The Morgan fingerprint density at radius 2 is 1.87 bits per heavy atom. The van der Waals surface area contributed by atoms with Gasteiger partial charge >= 0.3 is 0 Å². The minimum absolute atomic E-state index is 0.116. The molecule has 1 aliphatic rings. The maximum absolute atomic E-state index is 12.8. The van der Waals surface area contributed by atoms with E-state index in [1.54, 1.807) is 0 Å². The standard InChI is InChI=1S/C9H9F2NO2S/c10-9(11)5-7(9)6-3-1-2-4-8(6)15(12,13)14/h1-4,7H,5H2,(H2,12,13,14). The van der Waals surface area contributed by atoms with E-state index in [0.29, 0.717) is 0 Å². The molecule has 0 amide bonds. The van der Waals surface area contributed by atoms with Crippen LogP contribution in [0.1, 0.15) is 17.9 Å². The molecule has 0 saturated heterocycles. The van der Waals surface area contributed by atoms with Gasteiger partial charge in [-0.25, -0.2) is 22.3 Å². The summed E-state index contributed by atoms with van der Waals surface area (Å²) in [7, 11) is -3.92. The van der Waals surface area contributed by atoms with Crippen molar-refractivity contribution in [1.82, 2.24) is 0 Å². The maximum atomic E-state index is 12.8. The number of hydrogen-bond donors (Lipinski definition) is 1. The fourth-order valence-electron chi connectivity index (χ4n) is 1.58. The first-order valence-electron chi connectivity index (χ1n) is 4.32. The van der Waals surface area contributed by atoms with Crippen molar-refractivity contribution in [3.05, 3.63) is 29.8 Å². The van der Waals surface area contributed by atoms with Crippen LogP contribution in [-0.4, -0.2) is 14.3 Å². The lowest BCUT2D eigenvalue weighted by molar-refractivity contribution is 0.111. The van der Waals surface area contributed by atoms with Crippen LogP contribution in [0.3, 0.4) is 0 Å². The molecule has 1 aliphatic carbocycles. The minimum atomic E-state index is -3.92. The molecule has 0 heterocycles. The zero-order valence-electron chi connectivity index (χ0n) is 7.65. The van der Waals surface area contributed by atoms with Crippen molar-refractivity contribution >= 4 is 10.0 Å². The SMILES string of the molecule is NS(=O)(=O)c1ccccc1C1CC1(F)F. The monoisotopic (exact) mass is 233 g/mol. The summed E-state index contributed by atoms with van der Waals surface area (Å²) in [5.74, 6) is -3.80. The fourth-order valence-corrected chi connectivity index (χ4v) is 2.39. The first-order chi connectivity index (χ1) is 6.82. The molecule has 15 heavy (non-hydrogen) atoms. The van der Waals surface area contributed by atoms with Gasteiger partial charge in [0.15, 0.2) is 0 Å². The van der Waals surface area contributed by atoms with Gasteiger partial charge in [-0.1, -0.05) is 18.2 Å². The van der Waals surface area contributed by atoms with Gasteiger partial charge < -0.3 is 0 Å². The molecule has 1 aromatic rings. The van der Waals surface area contributed by atoms with E-state index in [-0.39, 0.29) is 16.9 Å². The van der Waals surface area contributed by atoms with Gasteiger partial charge in [-0.05, 0) is 11.6 Å². The van der Waals surface area contributed by atoms with E-state index in [9.17, 15) is 17.2 Å². The van der Waals surface area contributed by atoms with Crippen molar-refractivity contribution in [3.63, 3.8) is 0 Å². The Morgan fingerprint density at radius 1 is 1.33 bits per heavy atom. The van der Waals surface area contributed by atoms with Gasteiger partial charge in [-0.15, -0.1) is 0 Å². The molecule has 1 saturated carbocycles. The molecule has 0 spiro atoms. The molecule has 3 nitrogen and oxygen atoms in total. The maximum Gasteiger partial charge on any atom is 0.255 e. The van der Waals surface area contributed by atoms with E-state index in [1.807, 2.05) is 0 Å². The highest BCUT2D eigenvalue weighted by Gasteiger charge is 2.58. The first kappa shape index (κ1) is 10.5. The van der Waals surface area contributed by atoms with E-state index in [0.717, 1.165) is 0 Å². The molecule has 0 bridgehead atoms. The lowest BCUT2D eigenvalue weighted by Crippen LogP contribution is -2.14. The highest BCUT2D eigenvalue weighted by atomic mass is 32.2. The molecule has 2 rings (SSSR count). The van der Waals surface area contributed by atoms with Crippen LogP contribution in [0.25, 0.3) is 0 Å². The van der Waals surface area contributed by atoms with E-state index in [4.69, 9.17) is 5.14 Å². The molecular formula is C9H9F2NO2S. The smallest absolute Gasteiger partial charge is 0.225 e. The van der Waals surface area contributed by atoms with Crippen molar-refractivity contribution in [1.29, 1.82) is 0 Å². The third-order valence-electron chi connectivity index (χ3n) is 2.43. The van der Waals surface area contributed by atoms with Crippen molar-refractivity contribution in [3.8, 4) is 0 Å². The quantitative estimate of drug-likeness (QED) is 0.840. The topological polar surface area (TPSA) is 60.2 Å². The second kappa shape index (κ2) is 2.99. The number of halogens is 2. The molecule has 6 heteroatoms. The zero-order valence-corrected chi connectivity index (χ0v) is 8.47. The van der Waals surface area contributed by atoms with Gasteiger partial charge in [0.05, 0.1) is 10.8 Å². The van der Waals surface area contributed by atoms with Crippen LogP contribution >= 0.6 is 0 Å². The Labute approximate surface area is 86.0 Å². The highest BCUT2D eigenvalue weighted by Crippen LogP contribution is 2.56. The van der Waals surface area contributed by atoms with Crippen LogP contribution in [0.5, 0.6) is 0 Å². The normalized spacial score (nSPS) is 23.8. The van der Waals surface area contributed by atoms with Gasteiger partial charge in [0, 0.05) is 6.42 Å². The summed E-state index contributed by atoms with van der Waals surface area (Å²) >= 11 is 0. The number of sulfonamides is 1. The first-order valence-corrected chi connectivity index (χ1v) is 5.86. The van der Waals surface area contributed by atoms with Gasteiger partial charge in [-0.2, -0.15) is 0 Å². The van der Waals surface area contributed by atoms with Gasteiger partial charge in [0.1, 0.15) is 0 Å². The van der Waals surface area contributed by atoms with E-state index >= 15 is 0 Å². The lowest BCUT2D eigenvalue weighted by atomic mass is 10.1. The summed E-state index contributed by atoms with van der Waals surface area (Å²) in [6.45, 7) is 0. The van der Waals surface area contributed by atoms with Gasteiger partial charge in [-0.3, -0.25) is 0 Å². The summed E-state index contributed by atoms with van der Waals surface area (Å²) < 4.78 is 47.9. The largest absolute Gasteiger partial charge is 0.255 e. The second-order valence-corrected chi connectivity index (χ2v) is 5.13. The summed E-state index contributed by atoms with van der Waals surface area (Å²) in [4.78, 5) is -0.202. The molecule has 1 fully saturated rings. The predicted molar refractivity (Wildman–Crippen MR) is 50.1 cm³/mol. The van der Waals surface area contributed by atoms with Gasteiger partial charge in [0.25, 0.3) is 5.92 Å². The van der Waals surface area contributed by atoms with Gasteiger partial charge in [0.2, 0.25) is 10.0 Å². The Morgan fingerprint density at radius 3 is 2.33 bits per heavy atom. The number of nitrogens with two attached hydrogens (primary N) is 1. The van der Waals surface area contributed by atoms with E-state index in [2.05, 4.69) is 0 Å². The zero-order chi connectivity index (χ0) is 11.3. The molecule has 1 aromatic carbocycles. The van der Waals surface area contributed by atoms with Crippen LogP contribution < -0.4 is 5.14 Å². The molecule has 1 atom stereocenters. The minimum Gasteiger partial charge on any atom is -0.225 e. The molecule has 1 unspecified atom stereocenters. The molecule has 82 valence electrons. The van der Waals surface area contributed by atoms with E-state index in [1.165, 1.54) is 24.3 Å². The fraction of sp³-hybridized carbons (Fsp3) is 0.333. The molecule has 0 aromatic heterocycles. The highest BCUT2D eigenvalue weighted by molar-refractivity contribution is 7.89. The number of benzene rings is 1. The molecule has 0 aliphatic heterocycles. The molecule has 0 radical (unpaired) electrons. The summed E-state index contributed by atoms with van der Waals surface area (Å²) in [6, 6.07) is 5.62. The van der Waals surface area contributed by atoms with Crippen LogP contribution in [0, 0.1) is 0 Å². The van der Waals surface area contributed by atoms with Crippen LogP contribution in [0.2, 0.25) is 0 Å². The van der Waals surface area contributed by atoms with Crippen LogP contribution in [0.15, 0.2) is 29.2 Å². The Kier molecular flexibility index (Phi) is 2.09. The van der Waals surface area contributed by atoms with Crippen molar-refractivity contribution in [2.75, 3.05) is 0 Å². The Balaban J connectivity index is 2.50. The molecule has 2 N–H and O–H groups in total. The predicted octanol–water partition coefficient (Wildman–Crippen LogP) is 1.46. The average molecular weight is 233 g/mol. The summed E-state index contributed by atoms with van der Waals surface area (Å²) in [6.07, 6.45) is -0.306. The number of primary sulfonamides is 1. The number of alkyl halides is 2. The van der Waals surface area contributed by atoms with Crippen LogP contribution in [0.4, 0.5) is 8.78 Å². The molecular weight excluding hydrogens is 224 g/mol. The average Bonchev–Trinajstić information content (AvgIpc) is 2.74. The summed E-state index contributed by atoms with van der Waals surface area (Å²) in [5.41, 5.74) is 0.116. The number of hydrogen-bond acceptors (Lipinski definition) is 2. The second-order valence-electron chi connectivity index (χ2n) is 3.60. The Bertz CT molecular complexity index is 499. The van der Waals surface area contributed by atoms with Crippen LogP contribution in [-0.2, 0) is 10.0 Å². The third kappa shape index (κ3) is 1.87. The lowest BCUT2D eigenvalue weighted by Gasteiger charge is -2.05. The summed E-state index contributed by atoms with van der Waals surface area (Å²) in [5, 5.41) is 4.94. The van der Waals surface area contributed by atoms with Crippen molar-refractivity contribution < 1.29 is 17.2 Å². The Hall–Kier alpha value is -1.01. The van der Waals surface area contributed by atoms with Crippen molar-refractivity contribution in [2.24, 2.45) is 5.14 Å². The van der Waals surface area contributed by atoms with E-state index < -0.39 is 21.9 Å².